The number of nitrogens with zero attached hydrogens (tertiary/aromatic N) is 1. The quantitative estimate of drug-likeness (QED) is 0.398. The van der Waals surface area contributed by atoms with E-state index in [0.29, 0.717) is 12.3 Å². The Kier molecular flexibility index (Phi) is 7.65. The standard InChI is InChI=1S/C15H24N2O3/c1-3-5-6-10-20-12-13-7-8-15(17(18)19)14(11-13)16-9-4-2/h7-8,11,16H,3-6,9-10,12H2,1-2H3. The minimum Gasteiger partial charge on any atom is -0.379 e. The highest BCUT2D eigenvalue weighted by molar-refractivity contribution is 5.62. The lowest BCUT2D eigenvalue weighted by atomic mass is 10.1. The Labute approximate surface area is 120 Å². The maximum Gasteiger partial charge on any atom is 0.292 e. The van der Waals surface area contributed by atoms with E-state index in [9.17, 15) is 10.1 Å². The fourth-order valence-electron chi connectivity index (χ4n) is 1.88. The number of ether oxygens (including phenoxy) is 1. The van der Waals surface area contributed by atoms with Gasteiger partial charge in [0.05, 0.1) is 11.5 Å². The largest absolute Gasteiger partial charge is 0.379 e. The molecule has 0 fully saturated rings. The summed E-state index contributed by atoms with van der Waals surface area (Å²) in [7, 11) is 0. The van der Waals surface area contributed by atoms with Gasteiger partial charge >= 0.3 is 0 Å². The Morgan fingerprint density at radius 2 is 2.05 bits per heavy atom. The third-order valence-corrected chi connectivity index (χ3v) is 2.98. The summed E-state index contributed by atoms with van der Waals surface area (Å²) in [5.74, 6) is 0. The van der Waals surface area contributed by atoms with Crippen LogP contribution in [0.1, 0.15) is 45.1 Å². The lowest BCUT2D eigenvalue weighted by Crippen LogP contribution is -2.04. The Bertz CT molecular complexity index is 422. The third-order valence-electron chi connectivity index (χ3n) is 2.98. The smallest absolute Gasteiger partial charge is 0.292 e. The molecule has 0 saturated heterocycles. The first-order valence-corrected chi connectivity index (χ1v) is 7.28. The van der Waals surface area contributed by atoms with Gasteiger partial charge in [0.1, 0.15) is 5.69 Å². The highest BCUT2D eigenvalue weighted by Crippen LogP contribution is 2.25. The minimum absolute atomic E-state index is 0.119. The van der Waals surface area contributed by atoms with Gasteiger partial charge in [-0.2, -0.15) is 0 Å². The first-order chi connectivity index (χ1) is 9.69. The number of unbranched alkanes of at least 4 members (excludes halogenated alkanes) is 2. The molecule has 1 rings (SSSR count). The second-order valence-corrected chi connectivity index (χ2v) is 4.80. The van der Waals surface area contributed by atoms with E-state index in [1.807, 2.05) is 13.0 Å². The van der Waals surface area contributed by atoms with Crippen molar-refractivity contribution in [1.82, 2.24) is 0 Å². The number of anilines is 1. The lowest BCUT2D eigenvalue weighted by Gasteiger charge is -2.09. The molecule has 20 heavy (non-hydrogen) atoms. The van der Waals surface area contributed by atoms with Crippen molar-refractivity contribution in [1.29, 1.82) is 0 Å². The van der Waals surface area contributed by atoms with Gasteiger partial charge in [-0.1, -0.05) is 26.7 Å². The summed E-state index contributed by atoms with van der Waals surface area (Å²) >= 11 is 0. The molecule has 1 aromatic carbocycles. The van der Waals surface area contributed by atoms with Gasteiger partial charge in [0, 0.05) is 19.2 Å². The van der Waals surface area contributed by atoms with Crippen LogP contribution in [0.3, 0.4) is 0 Å². The highest BCUT2D eigenvalue weighted by atomic mass is 16.6. The zero-order chi connectivity index (χ0) is 14.8. The van der Waals surface area contributed by atoms with E-state index in [1.54, 1.807) is 12.1 Å². The molecule has 0 aliphatic heterocycles. The van der Waals surface area contributed by atoms with Gasteiger partial charge in [0.2, 0.25) is 0 Å². The Morgan fingerprint density at radius 1 is 1.25 bits per heavy atom. The summed E-state index contributed by atoms with van der Waals surface area (Å²) < 4.78 is 5.58. The van der Waals surface area contributed by atoms with Gasteiger partial charge in [0.15, 0.2) is 0 Å². The number of rotatable bonds is 10. The molecule has 1 aromatic rings. The first-order valence-electron chi connectivity index (χ1n) is 7.28. The van der Waals surface area contributed by atoms with Crippen LogP contribution in [0.15, 0.2) is 18.2 Å². The van der Waals surface area contributed by atoms with E-state index in [-0.39, 0.29) is 10.6 Å². The van der Waals surface area contributed by atoms with Crippen molar-refractivity contribution < 1.29 is 9.66 Å². The second kappa shape index (κ2) is 9.31. The molecule has 0 amide bonds. The van der Waals surface area contributed by atoms with Crippen LogP contribution < -0.4 is 5.32 Å². The fourth-order valence-corrected chi connectivity index (χ4v) is 1.88. The maximum absolute atomic E-state index is 11.0. The van der Waals surface area contributed by atoms with Crippen molar-refractivity contribution in [3.05, 3.63) is 33.9 Å². The van der Waals surface area contributed by atoms with Gasteiger partial charge in [-0.15, -0.1) is 0 Å². The normalized spacial score (nSPS) is 10.5. The van der Waals surface area contributed by atoms with Crippen molar-refractivity contribution in [3.63, 3.8) is 0 Å². The minimum atomic E-state index is -0.357. The summed E-state index contributed by atoms with van der Waals surface area (Å²) in [5, 5.41) is 14.1. The van der Waals surface area contributed by atoms with Crippen molar-refractivity contribution in [2.24, 2.45) is 0 Å². The molecule has 0 spiro atoms. The number of nitro groups is 1. The number of benzene rings is 1. The van der Waals surface area contributed by atoms with E-state index in [4.69, 9.17) is 4.74 Å². The van der Waals surface area contributed by atoms with E-state index >= 15 is 0 Å². The molecule has 0 bridgehead atoms. The molecule has 112 valence electrons. The molecule has 0 aliphatic carbocycles. The summed E-state index contributed by atoms with van der Waals surface area (Å²) in [6.45, 7) is 6.15. The van der Waals surface area contributed by atoms with Crippen LogP contribution in [-0.4, -0.2) is 18.1 Å². The van der Waals surface area contributed by atoms with Crippen LogP contribution >= 0.6 is 0 Å². The predicted octanol–water partition coefficient (Wildman–Crippen LogP) is 4.12. The molecule has 1 N–H and O–H groups in total. The summed E-state index contributed by atoms with van der Waals surface area (Å²) in [5.41, 5.74) is 1.66. The van der Waals surface area contributed by atoms with Gasteiger partial charge in [0.25, 0.3) is 5.69 Å². The van der Waals surface area contributed by atoms with Gasteiger partial charge in [-0.05, 0) is 30.5 Å². The average Bonchev–Trinajstić information content (AvgIpc) is 2.44. The van der Waals surface area contributed by atoms with Crippen LogP contribution in [0.5, 0.6) is 0 Å². The molecule has 0 aliphatic rings. The van der Waals surface area contributed by atoms with E-state index in [0.717, 1.165) is 31.6 Å². The fraction of sp³-hybridized carbons (Fsp3) is 0.600. The first kappa shape index (κ1) is 16.4. The monoisotopic (exact) mass is 280 g/mol. The zero-order valence-electron chi connectivity index (χ0n) is 12.4. The number of hydrogen-bond acceptors (Lipinski definition) is 4. The average molecular weight is 280 g/mol. The summed E-state index contributed by atoms with van der Waals surface area (Å²) in [4.78, 5) is 10.6. The van der Waals surface area contributed by atoms with Crippen molar-refractivity contribution in [3.8, 4) is 0 Å². The third kappa shape index (κ3) is 5.57. The number of nitro benzene ring substituents is 1. The Hall–Kier alpha value is -1.62. The second-order valence-electron chi connectivity index (χ2n) is 4.80. The van der Waals surface area contributed by atoms with Crippen LogP contribution in [0.25, 0.3) is 0 Å². The van der Waals surface area contributed by atoms with Crippen molar-refractivity contribution >= 4 is 11.4 Å². The Morgan fingerprint density at radius 3 is 2.70 bits per heavy atom. The van der Waals surface area contributed by atoms with Crippen molar-refractivity contribution in [2.45, 2.75) is 46.1 Å². The summed E-state index contributed by atoms with van der Waals surface area (Å²) in [6, 6.07) is 5.12. The molecule has 0 saturated carbocycles. The number of nitrogens with one attached hydrogen (secondary N) is 1. The molecule has 0 unspecified atom stereocenters. The van der Waals surface area contributed by atoms with Gasteiger partial charge in [-0.25, -0.2) is 0 Å². The van der Waals surface area contributed by atoms with Crippen LogP contribution in [0.2, 0.25) is 0 Å². The molecule has 0 aromatic heterocycles. The topological polar surface area (TPSA) is 64.4 Å². The maximum atomic E-state index is 11.0. The molecule has 0 radical (unpaired) electrons. The predicted molar refractivity (Wildman–Crippen MR) is 81.1 cm³/mol. The zero-order valence-corrected chi connectivity index (χ0v) is 12.4. The van der Waals surface area contributed by atoms with Crippen LogP contribution in [0.4, 0.5) is 11.4 Å². The lowest BCUT2D eigenvalue weighted by molar-refractivity contribution is -0.384. The van der Waals surface area contributed by atoms with Gasteiger partial charge in [-0.3, -0.25) is 10.1 Å². The molecule has 0 heterocycles. The van der Waals surface area contributed by atoms with E-state index < -0.39 is 0 Å². The summed E-state index contributed by atoms with van der Waals surface area (Å²) in [6.07, 6.45) is 4.33. The molecule has 5 heteroatoms. The molecule has 5 nitrogen and oxygen atoms in total. The van der Waals surface area contributed by atoms with E-state index in [2.05, 4.69) is 12.2 Å². The Balaban J connectivity index is 2.61. The highest BCUT2D eigenvalue weighted by Gasteiger charge is 2.13. The van der Waals surface area contributed by atoms with Crippen molar-refractivity contribution in [2.75, 3.05) is 18.5 Å². The van der Waals surface area contributed by atoms with Gasteiger partial charge < -0.3 is 10.1 Å². The van der Waals surface area contributed by atoms with Crippen LogP contribution in [-0.2, 0) is 11.3 Å². The molecular formula is C15H24N2O3. The molecular weight excluding hydrogens is 256 g/mol. The van der Waals surface area contributed by atoms with E-state index in [1.165, 1.54) is 12.8 Å². The van der Waals surface area contributed by atoms with Crippen LogP contribution in [0, 0.1) is 10.1 Å². The number of hydrogen-bond donors (Lipinski definition) is 1. The molecule has 0 atom stereocenters. The SMILES string of the molecule is CCCCCOCc1ccc([N+](=O)[O-])c(NCCC)c1.